The molecule has 1 aliphatic carbocycles. The van der Waals surface area contributed by atoms with Crippen LogP contribution in [0.25, 0.3) is 0 Å². The Balaban J connectivity index is 1.29. The van der Waals surface area contributed by atoms with Crippen molar-refractivity contribution in [3.8, 4) is 0 Å². The van der Waals surface area contributed by atoms with Gasteiger partial charge in [0.05, 0.1) is 5.25 Å². The molecular formula is C22H30N4O2S. The first-order valence-electron chi connectivity index (χ1n) is 10.8. The number of carbonyl (C=O) groups is 1. The average Bonchev–Trinajstić information content (AvgIpc) is 3.24. The summed E-state index contributed by atoms with van der Waals surface area (Å²) in [5.41, 5.74) is 2.04. The van der Waals surface area contributed by atoms with Crippen molar-refractivity contribution >= 4 is 29.0 Å². The highest BCUT2D eigenvalue weighted by Crippen LogP contribution is 2.33. The summed E-state index contributed by atoms with van der Waals surface area (Å²) in [6.45, 7) is 4.10. The smallest absolute Gasteiger partial charge is 0.277 e. The lowest BCUT2D eigenvalue weighted by molar-refractivity contribution is -0.115. The van der Waals surface area contributed by atoms with Crippen LogP contribution in [-0.2, 0) is 4.79 Å². The van der Waals surface area contributed by atoms with Gasteiger partial charge in [-0.2, -0.15) is 0 Å². The van der Waals surface area contributed by atoms with Gasteiger partial charge in [-0.1, -0.05) is 31.0 Å². The summed E-state index contributed by atoms with van der Waals surface area (Å²) in [4.78, 5) is 15.0. The maximum atomic E-state index is 12.6. The molecule has 2 aromatic rings. The fourth-order valence-electron chi connectivity index (χ4n) is 4.14. The average molecular weight is 415 g/mol. The van der Waals surface area contributed by atoms with Crippen molar-refractivity contribution in [3.05, 3.63) is 30.2 Å². The minimum absolute atomic E-state index is 0.0573. The Labute approximate surface area is 176 Å². The highest BCUT2D eigenvalue weighted by molar-refractivity contribution is 8.00. The summed E-state index contributed by atoms with van der Waals surface area (Å²) >= 11 is 1.32. The van der Waals surface area contributed by atoms with Crippen LogP contribution in [0, 0.1) is 0 Å². The third-order valence-corrected chi connectivity index (χ3v) is 6.81. The lowest BCUT2D eigenvalue weighted by Gasteiger charge is -2.28. The van der Waals surface area contributed by atoms with Gasteiger partial charge in [-0.15, -0.1) is 10.2 Å². The van der Waals surface area contributed by atoms with Gasteiger partial charge in [0.15, 0.2) is 0 Å². The second kappa shape index (κ2) is 9.65. The van der Waals surface area contributed by atoms with Crippen molar-refractivity contribution in [2.24, 2.45) is 0 Å². The summed E-state index contributed by atoms with van der Waals surface area (Å²) in [7, 11) is 0. The number of hydrogen-bond acceptors (Lipinski definition) is 6. The molecule has 1 aromatic carbocycles. The molecule has 0 radical (unpaired) electrons. The number of benzene rings is 1. The molecule has 2 aliphatic rings. The van der Waals surface area contributed by atoms with E-state index in [1.165, 1.54) is 56.0 Å². The van der Waals surface area contributed by atoms with E-state index in [4.69, 9.17) is 4.42 Å². The SMILES string of the molecule is CC(Sc1nnc(C2CCCCC2)o1)C(=O)Nc1ccc(N2CCCCC2)cc1. The maximum Gasteiger partial charge on any atom is 0.277 e. The monoisotopic (exact) mass is 414 g/mol. The second-order valence-electron chi connectivity index (χ2n) is 8.09. The molecule has 4 rings (SSSR count). The number of anilines is 2. The zero-order chi connectivity index (χ0) is 20.1. The lowest BCUT2D eigenvalue weighted by Crippen LogP contribution is -2.29. The van der Waals surface area contributed by atoms with E-state index in [0.29, 0.717) is 11.1 Å². The molecule has 2 heterocycles. The molecule has 1 unspecified atom stereocenters. The van der Waals surface area contributed by atoms with Crippen molar-refractivity contribution in [2.75, 3.05) is 23.3 Å². The maximum absolute atomic E-state index is 12.6. The van der Waals surface area contributed by atoms with Crippen molar-refractivity contribution in [2.45, 2.75) is 74.7 Å². The van der Waals surface area contributed by atoms with Crippen molar-refractivity contribution in [1.29, 1.82) is 0 Å². The van der Waals surface area contributed by atoms with Gasteiger partial charge in [0, 0.05) is 30.4 Å². The molecule has 1 aliphatic heterocycles. The molecule has 0 spiro atoms. The van der Waals surface area contributed by atoms with Gasteiger partial charge >= 0.3 is 0 Å². The number of nitrogens with one attached hydrogen (secondary N) is 1. The molecule has 7 heteroatoms. The molecule has 1 atom stereocenters. The van der Waals surface area contributed by atoms with Crippen molar-refractivity contribution in [1.82, 2.24) is 10.2 Å². The number of nitrogens with zero attached hydrogens (tertiary/aromatic N) is 3. The molecule has 1 aromatic heterocycles. The Morgan fingerprint density at radius 2 is 1.76 bits per heavy atom. The Kier molecular flexibility index (Phi) is 6.74. The predicted octanol–water partition coefficient (Wildman–Crippen LogP) is 5.23. The van der Waals surface area contributed by atoms with E-state index in [1.807, 2.05) is 19.1 Å². The van der Waals surface area contributed by atoms with Crippen LogP contribution < -0.4 is 10.2 Å². The lowest BCUT2D eigenvalue weighted by atomic mass is 9.89. The fraction of sp³-hybridized carbons (Fsp3) is 0.591. The highest BCUT2D eigenvalue weighted by Gasteiger charge is 2.23. The van der Waals surface area contributed by atoms with Crippen LogP contribution >= 0.6 is 11.8 Å². The van der Waals surface area contributed by atoms with E-state index in [1.54, 1.807) is 0 Å². The van der Waals surface area contributed by atoms with Crippen LogP contribution in [0.15, 0.2) is 33.9 Å². The molecule has 1 N–H and O–H groups in total. The van der Waals surface area contributed by atoms with Gasteiger partial charge in [-0.3, -0.25) is 4.79 Å². The van der Waals surface area contributed by atoms with Crippen LogP contribution in [0.2, 0.25) is 0 Å². The fourth-order valence-corrected chi connectivity index (χ4v) is 4.83. The van der Waals surface area contributed by atoms with Crippen LogP contribution in [0.1, 0.15) is 70.1 Å². The predicted molar refractivity (Wildman–Crippen MR) is 117 cm³/mol. The standard InChI is InChI=1S/C22H30N4O2S/c1-16(29-22-25-24-21(28-22)17-8-4-2-5-9-17)20(27)23-18-10-12-19(13-11-18)26-14-6-3-7-15-26/h10-13,16-17H,2-9,14-15H2,1H3,(H,23,27). The molecule has 6 nitrogen and oxygen atoms in total. The number of rotatable bonds is 6. The Morgan fingerprint density at radius 3 is 2.48 bits per heavy atom. The zero-order valence-electron chi connectivity index (χ0n) is 17.1. The Bertz CT molecular complexity index is 795. The highest BCUT2D eigenvalue weighted by atomic mass is 32.2. The third kappa shape index (κ3) is 5.32. The molecular weight excluding hydrogens is 384 g/mol. The second-order valence-corrected chi connectivity index (χ2v) is 9.38. The molecule has 0 bridgehead atoms. The zero-order valence-corrected chi connectivity index (χ0v) is 17.9. The van der Waals surface area contributed by atoms with E-state index >= 15 is 0 Å². The van der Waals surface area contributed by atoms with Gasteiger partial charge in [-0.25, -0.2) is 0 Å². The van der Waals surface area contributed by atoms with E-state index in [-0.39, 0.29) is 11.2 Å². The van der Waals surface area contributed by atoms with Gasteiger partial charge in [0.2, 0.25) is 11.8 Å². The van der Waals surface area contributed by atoms with E-state index in [2.05, 4.69) is 32.5 Å². The first-order valence-corrected chi connectivity index (χ1v) is 11.7. The van der Waals surface area contributed by atoms with E-state index in [0.717, 1.165) is 37.5 Å². The molecule has 1 saturated heterocycles. The Hall–Kier alpha value is -2.02. The molecule has 156 valence electrons. The van der Waals surface area contributed by atoms with Crippen LogP contribution in [0.3, 0.4) is 0 Å². The summed E-state index contributed by atoms with van der Waals surface area (Å²) in [5.74, 6) is 1.05. The van der Waals surface area contributed by atoms with Crippen LogP contribution in [-0.4, -0.2) is 34.4 Å². The minimum atomic E-state index is -0.309. The summed E-state index contributed by atoms with van der Waals surface area (Å²) in [5, 5.41) is 11.5. The van der Waals surface area contributed by atoms with Gasteiger partial charge < -0.3 is 14.6 Å². The number of amides is 1. The first kappa shape index (κ1) is 20.3. The summed E-state index contributed by atoms with van der Waals surface area (Å²) in [6, 6.07) is 8.14. The molecule has 2 fully saturated rings. The quantitative estimate of drug-likeness (QED) is 0.653. The summed E-state index contributed by atoms with van der Waals surface area (Å²) < 4.78 is 5.83. The van der Waals surface area contributed by atoms with Gasteiger partial charge in [0.1, 0.15) is 0 Å². The Morgan fingerprint density at radius 1 is 1.07 bits per heavy atom. The first-order chi connectivity index (χ1) is 14.2. The normalized spacial score (nSPS) is 19.1. The molecule has 29 heavy (non-hydrogen) atoms. The van der Waals surface area contributed by atoms with Crippen molar-refractivity contribution in [3.63, 3.8) is 0 Å². The van der Waals surface area contributed by atoms with E-state index in [9.17, 15) is 4.79 Å². The molecule has 1 saturated carbocycles. The number of thioether (sulfide) groups is 1. The van der Waals surface area contributed by atoms with Crippen molar-refractivity contribution < 1.29 is 9.21 Å². The van der Waals surface area contributed by atoms with Crippen LogP contribution in [0.4, 0.5) is 11.4 Å². The van der Waals surface area contributed by atoms with Gasteiger partial charge in [0.25, 0.3) is 5.22 Å². The number of hydrogen-bond donors (Lipinski definition) is 1. The third-order valence-electron chi connectivity index (χ3n) is 5.88. The largest absolute Gasteiger partial charge is 0.416 e. The number of piperidine rings is 1. The number of carbonyl (C=O) groups excluding carboxylic acids is 1. The van der Waals surface area contributed by atoms with E-state index < -0.39 is 0 Å². The number of aromatic nitrogens is 2. The topological polar surface area (TPSA) is 71.3 Å². The summed E-state index contributed by atoms with van der Waals surface area (Å²) in [6.07, 6.45) is 9.82. The molecule has 1 amide bonds. The van der Waals surface area contributed by atoms with Crippen LogP contribution in [0.5, 0.6) is 0 Å². The minimum Gasteiger partial charge on any atom is -0.416 e. The van der Waals surface area contributed by atoms with Gasteiger partial charge in [-0.05, 0) is 63.3 Å².